The Morgan fingerprint density at radius 1 is 1.62 bits per heavy atom. The van der Waals surface area contributed by atoms with Crippen LogP contribution in [0, 0.1) is 5.82 Å². The van der Waals surface area contributed by atoms with Crippen molar-refractivity contribution < 1.29 is 13.9 Å². The average molecular weight is 292 g/mol. The topological polar surface area (TPSA) is 87.1 Å². The van der Waals surface area contributed by atoms with Gasteiger partial charge in [0.15, 0.2) is 0 Å². The highest BCUT2D eigenvalue weighted by molar-refractivity contribution is 5.84. The van der Waals surface area contributed by atoms with E-state index < -0.39 is 11.5 Å². The second-order valence-electron chi connectivity index (χ2n) is 4.90. The number of benzene rings is 1. The maximum Gasteiger partial charge on any atom is 0.330 e. The third kappa shape index (κ3) is 2.84. The van der Waals surface area contributed by atoms with Crippen molar-refractivity contribution in [3.8, 4) is 0 Å². The summed E-state index contributed by atoms with van der Waals surface area (Å²) in [5.41, 5.74) is 8.42. The molecule has 7 heteroatoms. The number of nitrogens with one attached hydrogen (secondary N) is 1. The van der Waals surface area contributed by atoms with E-state index in [1.165, 1.54) is 13.2 Å². The highest BCUT2D eigenvalue weighted by atomic mass is 19.1. The van der Waals surface area contributed by atoms with Crippen LogP contribution in [0.3, 0.4) is 0 Å². The van der Waals surface area contributed by atoms with E-state index in [0.717, 1.165) is 0 Å². The lowest BCUT2D eigenvalue weighted by Crippen LogP contribution is -2.48. The van der Waals surface area contributed by atoms with Crippen LogP contribution in [0.5, 0.6) is 0 Å². The molecule has 0 heterocycles. The van der Waals surface area contributed by atoms with E-state index in [-0.39, 0.29) is 5.82 Å². The van der Waals surface area contributed by atoms with E-state index in [2.05, 4.69) is 15.3 Å². The largest absolute Gasteiger partial charge is 0.467 e. The van der Waals surface area contributed by atoms with Crippen LogP contribution in [0.2, 0.25) is 0 Å². The molecule has 0 aromatic heterocycles. The van der Waals surface area contributed by atoms with Gasteiger partial charge in [0.25, 0.3) is 0 Å². The zero-order valence-electron chi connectivity index (χ0n) is 11.8. The van der Waals surface area contributed by atoms with Crippen LogP contribution in [-0.4, -0.2) is 26.2 Å². The molecule has 0 amide bonds. The van der Waals surface area contributed by atoms with Gasteiger partial charge < -0.3 is 4.74 Å². The van der Waals surface area contributed by atoms with Gasteiger partial charge in [-0.25, -0.2) is 9.18 Å². The third-order valence-electron chi connectivity index (χ3n) is 3.79. The number of azide groups is 1. The highest BCUT2D eigenvalue weighted by Gasteiger charge is 2.46. The molecule has 1 aliphatic rings. The monoisotopic (exact) mass is 292 g/mol. The molecule has 1 unspecified atom stereocenters. The van der Waals surface area contributed by atoms with Gasteiger partial charge in [0.2, 0.25) is 0 Å². The van der Waals surface area contributed by atoms with Crippen molar-refractivity contribution in [1.82, 2.24) is 5.32 Å². The molecule has 1 N–H and O–H groups in total. The van der Waals surface area contributed by atoms with Crippen LogP contribution >= 0.6 is 0 Å². The fourth-order valence-electron chi connectivity index (χ4n) is 2.80. The van der Waals surface area contributed by atoms with Crippen molar-refractivity contribution in [2.24, 2.45) is 5.11 Å². The van der Waals surface area contributed by atoms with Gasteiger partial charge in [-0.3, -0.25) is 5.32 Å². The number of rotatable bonds is 6. The normalized spacial score (nSPS) is 19.7. The van der Waals surface area contributed by atoms with Gasteiger partial charge >= 0.3 is 5.97 Å². The molecule has 0 spiro atoms. The van der Waals surface area contributed by atoms with Crippen molar-refractivity contribution in [2.45, 2.75) is 24.8 Å². The number of carbonyl (C=O) groups excluding carboxylic acids is 1. The Balaban J connectivity index is 2.23. The molecule has 1 aromatic rings. The van der Waals surface area contributed by atoms with Crippen molar-refractivity contribution >= 4 is 5.97 Å². The van der Waals surface area contributed by atoms with Crippen LogP contribution in [-0.2, 0) is 21.5 Å². The Hall–Kier alpha value is -2.11. The number of methoxy groups -OCH3 is 1. The molecule has 0 bridgehead atoms. The van der Waals surface area contributed by atoms with E-state index in [1.807, 2.05) is 0 Å². The lowest BCUT2D eigenvalue weighted by atomic mass is 9.91. The number of nitrogens with zero attached hydrogens (tertiary/aromatic N) is 3. The quantitative estimate of drug-likeness (QED) is 0.287. The van der Waals surface area contributed by atoms with Crippen LogP contribution in [0.1, 0.15) is 24.0 Å². The zero-order chi connectivity index (χ0) is 15.3. The number of esters is 1. The van der Waals surface area contributed by atoms with Crippen LogP contribution in [0.15, 0.2) is 23.3 Å². The molecule has 1 aromatic carbocycles. The Labute approximate surface area is 121 Å². The summed E-state index contributed by atoms with van der Waals surface area (Å²) in [6, 6.07) is 4.75. The molecular weight excluding hydrogens is 275 g/mol. The molecule has 0 saturated heterocycles. The molecule has 112 valence electrons. The summed E-state index contributed by atoms with van der Waals surface area (Å²) in [6.07, 6.45) is 1.53. The van der Waals surface area contributed by atoms with Gasteiger partial charge in [0, 0.05) is 11.5 Å². The molecular formula is C14H17FN4O2. The van der Waals surface area contributed by atoms with Crippen LogP contribution < -0.4 is 5.32 Å². The lowest BCUT2D eigenvalue weighted by Gasteiger charge is -2.28. The van der Waals surface area contributed by atoms with E-state index in [1.54, 1.807) is 12.1 Å². The number of fused-ring (bicyclic) bond motifs is 1. The van der Waals surface area contributed by atoms with Gasteiger partial charge in [0.1, 0.15) is 11.4 Å². The van der Waals surface area contributed by atoms with Crippen LogP contribution in [0.25, 0.3) is 10.4 Å². The van der Waals surface area contributed by atoms with Crippen molar-refractivity contribution in [3.63, 3.8) is 0 Å². The molecule has 0 aliphatic heterocycles. The summed E-state index contributed by atoms with van der Waals surface area (Å²) in [4.78, 5) is 14.9. The summed E-state index contributed by atoms with van der Waals surface area (Å²) < 4.78 is 18.8. The summed E-state index contributed by atoms with van der Waals surface area (Å²) >= 11 is 0. The number of carbonyl (C=O) groups is 1. The van der Waals surface area contributed by atoms with Gasteiger partial charge in [-0.15, -0.1) is 0 Å². The number of ether oxygens (including phenoxy) is 1. The molecule has 0 radical (unpaired) electrons. The molecule has 2 rings (SSSR count). The Morgan fingerprint density at radius 2 is 2.43 bits per heavy atom. The van der Waals surface area contributed by atoms with Crippen molar-refractivity contribution in [1.29, 1.82) is 0 Å². The van der Waals surface area contributed by atoms with Gasteiger partial charge in [-0.2, -0.15) is 0 Å². The lowest BCUT2D eigenvalue weighted by molar-refractivity contribution is -0.149. The molecule has 21 heavy (non-hydrogen) atoms. The third-order valence-corrected chi connectivity index (χ3v) is 3.79. The summed E-state index contributed by atoms with van der Waals surface area (Å²) in [5.74, 6) is -0.718. The smallest absolute Gasteiger partial charge is 0.330 e. The molecule has 6 nitrogen and oxygen atoms in total. The number of hydrogen-bond donors (Lipinski definition) is 1. The molecule has 1 aliphatic carbocycles. The summed E-state index contributed by atoms with van der Waals surface area (Å²) in [5, 5.41) is 6.61. The standard InChI is InChI=1S/C14H17FN4O2/c1-21-13(20)14(17-8-3-9-18-19-16)7-6-10-11(14)4-2-5-12(10)15/h2,4-5,17H,3,6-9H2,1H3. The fourth-order valence-corrected chi connectivity index (χ4v) is 2.80. The fraction of sp³-hybridized carbons (Fsp3) is 0.500. The first-order valence-corrected chi connectivity index (χ1v) is 6.78. The number of hydrogen-bond acceptors (Lipinski definition) is 4. The van der Waals surface area contributed by atoms with Gasteiger partial charge in [-0.1, -0.05) is 17.2 Å². The highest BCUT2D eigenvalue weighted by Crippen LogP contribution is 2.39. The minimum atomic E-state index is -1.01. The maximum atomic E-state index is 13.9. The first-order valence-electron chi connectivity index (χ1n) is 6.78. The predicted molar refractivity (Wildman–Crippen MR) is 75.0 cm³/mol. The first kappa shape index (κ1) is 15.3. The predicted octanol–water partition coefficient (Wildman–Crippen LogP) is 2.43. The Bertz CT molecular complexity index is 586. The zero-order valence-corrected chi connectivity index (χ0v) is 11.8. The summed E-state index contributed by atoms with van der Waals surface area (Å²) in [7, 11) is 1.32. The van der Waals surface area contributed by atoms with E-state index in [4.69, 9.17) is 10.3 Å². The van der Waals surface area contributed by atoms with E-state index >= 15 is 0 Å². The second kappa shape index (κ2) is 6.56. The first-order chi connectivity index (χ1) is 10.2. The van der Waals surface area contributed by atoms with E-state index in [0.29, 0.717) is 43.5 Å². The maximum absolute atomic E-state index is 13.9. The minimum absolute atomic E-state index is 0.297. The molecule has 1 atom stereocenters. The van der Waals surface area contributed by atoms with E-state index in [9.17, 15) is 9.18 Å². The Kier molecular flexibility index (Phi) is 4.77. The summed E-state index contributed by atoms with van der Waals surface area (Å²) in [6.45, 7) is 0.820. The number of halogens is 1. The Morgan fingerprint density at radius 3 is 3.14 bits per heavy atom. The van der Waals surface area contributed by atoms with Crippen LogP contribution in [0.4, 0.5) is 4.39 Å². The minimum Gasteiger partial charge on any atom is -0.467 e. The SMILES string of the molecule is COC(=O)C1(NCCCN=[N+]=[N-])CCc2c(F)cccc21. The van der Waals surface area contributed by atoms with Crippen molar-refractivity contribution in [2.75, 3.05) is 20.2 Å². The van der Waals surface area contributed by atoms with Crippen molar-refractivity contribution in [3.05, 3.63) is 45.6 Å². The van der Waals surface area contributed by atoms with Gasteiger partial charge in [0.05, 0.1) is 7.11 Å². The average Bonchev–Trinajstić information content (AvgIpc) is 2.88. The molecule has 0 fully saturated rings. The van der Waals surface area contributed by atoms with Gasteiger partial charge in [-0.05, 0) is 48.5 Å². The second-order valence-corrected chi connectivity index (χ2v) is 4.90. The molecule has 0 saturated carbocycles.